The molecule has 1 N–H and O–H groups in total. The Labute approximate surface area is 130 Å². The minimum absolute atomic E-state index is 0.121. The fraction of sp³-hybridized carbons (Fsp3) is 0.214. The number of nitrogens with zero attached hydrogens (tertiary/aromatic N) is 2. The van der Waals surface area contributed by atoms with Crippen LogP contribution in [0.2, 0.25) is 0 Å². The molecule has 0 aliphatic heterocycles. The van der Waals surface area contributed by atoms with E-state index < -0.39 is 0 Å². The molecule has 1 heterocycles. The Kier molecular flexibility index (Phi) is 4.74. The van der Waals surface area contributed by atoms with Crippen molar-refractivity contribution in [2.24, 2.45) is 0 Å². The zero-order chi connectivity index (χ0) is 15.4. The second kappa shape index (κ2) is 6.53. The summed E-state index contributed by atoms with van der Waals surface area (Å²) in [6.07, 6.45) is 0. The van der Waals surface area contributed by atoms with Crippen LogP contribution in [-0.2, 0) is 0 Å². The number of hydrogen-bond donors (Lipinski definition) is 1. The number of amides is 1. The first-order valence-electron chi connectivity index (χ1n) is 6.08. The van der Waals surface area contributed by atoms with Gasteiger partial charge in [-0.15, -0.1) is 0 Å². The number of nitrogens with one attached hydrogen (secondary N) is 1. The average Bonchev–Trinajstić information content (AvgIpc) is 2.49. The summed E-state index contributed by atoms with van der Waals surface area (Å²) in [7, 11) is 2.96. The number of hydrogen-bond acceptors (Lipinski definition) is 5. The highest BCUT2D eigenvalue weighted by atomic mass is 79.9. The van der Waals surface area contributed by atoms with E-state index in [-0.39, 0.29) is 11.9 Å². The molecule has 6 nitrogen and oxygen atoms in total. The molecule has 1 amide bonds. The monoisotopic (exact) mass is 351 g/mol. The molecule has 0 aliphatic carbocycles. The van der Waals surface area contributed by atoms with E-state index in [0.29, 0.717) is 17.3 Å². The van der Waals surface area contributed by atoms with Crippen molar-refractivity contribution in [3.05, 3.63) is 39.9 Å². The van der Waals surface area contributed by atoms with E-state index in [0.717, 1.165) is 10.0 Å². The highest BCUT2D eigenvalue weighted by Gasteiger charge is 2.13. The third-order valence-corrected chi connectivity index (χ3v) is 3.26. The molecule has 2 rings (SSSR count). The number of benzene rings is 1. The van der Waals surface area contributed by atoms with Gasteiger partial charge in [0.15, 0.2) is 0 Å². The van der Waals surface area contributed by atoms with Gasteiger partial charge in [-0.25, -0.2) is 0 Å². The van der Waals surface area contributed by atoms with Crippen LogP contribution < -0.4 is 14.8 Å². The number of aryl methyl sites for hydroxylation is 1. The first kappa shape index (κ1) is 15.2. The van der Waals surface area contributed by atoms with Gasteiger partial charge in [0.1, 0.15) is 0 Å². The number of rotatable bonds is 4. The van der Waals surface area contributed by atoms with Crippen LogP contribution in [0.5, 0.6) is 11.8 Å². The van der Waals surface area contributed by atoms with Crippen molar-refractivity contribution in [1.82, 2.24) is 9.97 Å². The third kappa shape index (κ3) is 3.69. The van der Waals surface area contributed by atoms with Crippen LogP contribution in [0.25, 0.3) is 0 Å². The van der Waals surface area contributed by atoms with Gasteiger partial charge in [-0.1, -0.05) is 22.0 Å². The Morgan fingerprint density at radius 3 is 2.33 bits per heavy atom. The molecule has 21 heavy (non-hydrogen) atoms. The summed E-state index contributed by atoms with van der Waals surface area (Å²) >= 11 is 3.34. The van der Waals surface area contributed by atoms with Gasteiger partial charge in [-0.2, -0.15) is 9.97 Å². The smallest absolute Gasteiger partial charge is 0.258 e. The second-order valence-electron chi connectivity index (χ2n) is 4.19. The lowest BCUT2D eigenvalue weighted by molar-refractivity contribution is 0.102. The standard InChI is InChI=1S/C14H14BrN3O3/c1-8-4-5-9(15)6-10(8)13(19)18-14-16-11(20-2)7-12(17-14)21-3/h4-7H,1-3H3,(H,16,17,18,19). The summed E-state index contributed by atoms with van der Waals surface area (Å²) in [6, 6.07) is 6.99. The summed E-state index contributed by atoms with van der Waals surface area (Å²) < 4.78 is 10.9. The summed E-state index contributed by atoms with van der Waals surface area (Å²) in [5, 5.41) is 2.63. The highest BCUT2D eigenvalue weighted by molar-refractivity contribution is 9.10. The minimum Gasteiger partial charge on any atom is -0.481 e. The molecular formula is C14H14BrN3O3. The minimum atomic E-state index is -0.302. The van der Waals surface area contributed by atoms with Crippen molar-refractivity contribution >= 4 is 27.8 Å². The molecule has 1 aromatic heterocycles. The molecule has 0 spiro atoms. The Bertz CT molecular complexity index is 654. The predicted octanol–water partition coefficient (Wildman–Crippen LogP) is 2.82. The highest BCUT2D eigenvalue weighted by Crippen LogP contribution is 2.20. The number of carbonyl (C=O) groups is 1. The fourth-order valence-corrected chi connectivity index (χ4v) is 2.04. The Morgan fingerprint density at radius 2 is 1.76 bits per heavy atom. The van der Waals surface area contributed by atoms with Gasteiger partial charge in [0.05, 0.1) is 20.3 Å². The van der Waals surface area contributed by atoms with E-state index >= 15 is 0 Å². The normalized spacial score (nSPS) is 10.1. The molecule has 0 aliphatic rings. The number of aromatic nitrogens is 2. The number of carbonyl (C=O) groups excluding carboxylic acids is 1. The van der Waals surface area contributed by atoms with E-state index in [4.69, 9.17) is 9.47 Å². The molecule has 7 heteroatoms. The quantitative estimate of drug-likeness (QED) is 0.916. The van der Waals surface area contributed by atoms with Crippen molar-refractivity contribution < 1.29 is 14.3 Å². The molecule has 0 radical (unpaired) electrons. The van der Waals surface area contributed by atoms with Gasteiger partial charge in [-0.05, 0) is 24.6 Å². The molecule has 0 saturated carbocycles. The Hall–Kier alpha value is -2.15. The van der Waals surface area contributed by atoms with Gasteiger partial charge in [0, 0.05) is 10.0 Å². The SMILES string of the molecule is COc1cc(OC)nc(NC(=O)c2cc(Br)ccc2C)n1. The van der Waals surface area contributed by atoms with Crippen molar-refractivity contribution in [2.45, 2.75) is 6.92 Å². The summed E-state index contributed by atoms with van der Waals surface area (Å²) in [4.78, 5) is 20.4. The van der Waals surface area contributed by atoms with Crippen LogP contribution in [-0.4, -0.2) is 30.1 Å². The van der Waals surface area contributed by atoms with Crippen molar-refractivity contribution in [3.63, 3.8) is 0 Å². The van der Waals surface area contributed by atoms with Crippen molar-refractivity contribution in [2.75, 3.05) is 19.5 Å². The fourth-order valence-electron chi connectivity index (χ4n) is 1.68. The molecule has 0 atom stereocenters. The van der Waals surface area contributed by atoms with Crippen molar-refractivity contribution in [3.8, 4) is 11.8 Å². The van der Waals surface area contributed by atoms with Crippen LogP contribution in [0.4, 0.5) is 5.95 Å². The summed E-state index contributed by atoms with van der Waals surface area (Å²) in [5.74, 6) is 0.436. The lowest BCUT2D eigenvalue weighted by Crippen LogP contribution is -2.16. The zero-order valence-electron chi connectivity index (χ0n) is 11.8. The molecule has 0 bridgehead atoms. The second-order valence-corrected chi connectivity index (χ2v) is 5.11. The molecule has 2 aromatic rings. The maximum absolute atomic E-state index is 12.3. The number of anilines is 1. The van der Waals surface area contributed by atoms with Crippen molar-refractivity contribution in [1.29, 1.82) is 0 Å². The molecule has 0 fully saturated rings. The summed E-state index contributed by atoms with van der Waals surface area (Å²) in [5.41, 5.74) is 1.39. The number of methoxy groups -OCH3 is 2. The first-order chi connectivity index (χ1) is 10.0. The van der Waals surface area contributed by atoms with Gasteiger partial charge in [0.25, 0.3) is 5.91 Å². The number of halogens is 1. The largest absolute Gasteiger partial charge is 0.481 e. The molecule has 110 valence electrons. The molecule has 1 aromatic carbocycles. The van der Waals surface area contributed by atoms with Crippen LogP contribution >= 0.6 is 15.9 Å². The third-order valence-electron chi connectivity index (χ3n) is 2.77. The maximum atomic E-state index is 12.3. The number of ether oxygens (including phenoxy) is 2. The molecule has 0 saturated heterocycles. The first-order valence-corrected chi connectivity index (χ1v) is 6.87. The molecule has 0 unspecified atom stereocenters. The van der Waals surface area contributed by atoms with Crippen LogP contribution in [0.3, 0.4) is 0 Å². The van der Waals surface area contributed by atoms with Crippen LogP contribution in [0.15, 0.2) is 28.7 Å². The Morgan fingerprint density at radius 1 is 1.14 bits per heavy atom. The van der Waals surface area contributed by atoms with Gasteiger partial charge in [-0.3, -0.25) is 10.1 Å². The lowest BCUT2D eigenvalue weighted by Gasteiger charge is -2.09. The maximum Gasteiger partial charge on any atom is 0.258 e. The summed E-state index contributed by atoms with van der Waals surface area (Å²) in [6.45, 7) is 1.86. The lowest BCUT2D eigenvalue weighted by atomic mass is 10.1. The van der Waals surface area contributed by atoms with E-state index in [1.165, 1.54) is 20.3 Å². The predicted molar refractivity (Wildman–Crippen MR) is 82.0 cm³/mol. The van der Waals surface area contributed by atoms with Gasteiger partial charge >= 0.3 is 0 Å². The van der Waals surface area contributed by atoms with E-state index in [1.54, 1.807) is 6.07 Å². The van der Waals surface area contributed by atoms with Crippen LogP contribution in [0.1, 0.15) is 15.9 Å². The molecular weight excluding hydrogens is 338 g/mol. The van der Waals surface area contributed by atoms with E-state index in [9.17, 15) is 4.79 Å². The average molecular weight is 352 g/mol. The Balaban J connectivity index is 2.28. The van der Waals surface area contributed by atoms with Gasteiger partial charge in [0.2, 0.25) is 17.7 Å². The van der Waals surface area contributed by atoms with Crippen LogP contribution in [0, 0.1) is 6.92 Å². The topological polar surface area (TPSA) is 73.3 Å². The zero-order valence-corrected chi connectivity index (χ0v) is 13.4. The van der Waals surface area contributed by atoms with E-state index in [1.807, 2.05) is 19.1 Å². The van der Waals surface area contributed by atoms with E-state index in [2.05, 4.69) is 31.2 Å². The van der Waals surface area contributed by atoms with Gasteiger partial charge < -0.3 is 9.47 Å².